The molecular weight excluding hydrogens is 692 g/mol. The van der Waals surface area contributed by atoms with Crippen LogP contribution in [0.25, 0.3) is 0 Å². The number of fused-ring (bicyclic) bond motifs is 3. The first kappa shape index (κ1) is 38.7. The molecule has 278 valence electrons. The van der Waals surface area contributed by atoms with Gasteiger partial charge in [0.25, 0.3) is 5.91 Å². The quantitative estimate of drug-likeness (QED) is 0.261. The van der Waals surface area contributed by atoms with Gasteiger partial charge in [0.15, 0.2) is 11.0 Å². The zero-order valence-electron chi connectivity index (χ0n) is 30.2. The van der Waals surface area contributed by atoms with Crippen LogP contribution in [-0.4, -0.2) is 78.8 Å². The number of likely N-dealkylation sites (tertiary alicyclic amines) is 1. The van der Waals surface area contributed by atoms with Crippen LogP contribution in [0.2, 0.25) is 5.02 Å². The van der Waals surface area contributed by atoms with Crippen LogP contribution in [-0.2, 0) is 37.1 Å². The van der Waals surface area contributed by atoms with Crippen molar-refractivity contribution in [2.45, 2.75) is 94.7 Å². The third-order valence-electron chi connectivity index (χ3n) is 10.3. The van der Waals surface area contributed by atoms with Gasteiger partial charge in [0.05, 0.1) is 30.3 Å². The van der Waals surface area contributed by atoms with E-state index in [9.17, 15) is 13.8 Å². The van der Waals surface area contributed by atoms with Gasteiger partial charge in [-0.05, 0) is 113 Å². The maximum Gasteiger partial charge on any atom is 0.410 e. The second-order valence-corrected chi connectivity index (χ2v) is 15.8. The zero-order valence-corrected chi connectivity index (χ0v) is 31.7. The Bertz CT molecular complexity index is 1610. The predicted octanol–water partition coefficient (Wildman–Crippen LogP) is 7.11. The molecule has 2 aromatic carbocycles. The Morgan fingerprint density at radius 3 is 2.61 bits per heavy atom. The van der Waals surface area contributed by atoms with Crippen LogP contribution >= 0.6 is 11.6 Å². The normalized spacial score (nSPS) is 26.8. The van der Waals surface area contributed by atoms with Crippen molar-refractivity contribution in [3.05, 3.63) is 69.6 Å². The van der Waals surface area contributed by atoms with Crippen molar-refractivity contribution in [2.75, 3.05) is 50.8 Å². The van der Waals surface area contributed by atoms with E-state index in [1.807, 2.05) is 30.4 Å². The summed E-state index contributed by atoms with van der Waals surface area (Å²) < 4.78 is 34.9. The lowest BCUT2D eigenvalue weighted by Gasteiger charge is -2.41. The fourth-order valence-electron chi connectivity index (χ4n) is 7.33. The molecule has 0 aromatic heterocycles. The van der Waals surface area contributed by atoms with E-state index in [1.54, 1.807) is 31.7 Å². The second-order valence-electron chi connectivity index (χ2n) is 14.2. The first-order valence-electron chi connectivity index (χ1n) is 18.1. The number of carbonyl (C=O) groups is 2. The van der Waals surface area contributed by atoms with Gasteiger partial charge in [0, 0.05) is 42.5 Å². The minimum absolute atomic E-state index is 0.0281. The van der Waals surface area contributed by atoms with E-state index in [4.69, 9.17) is 30.7 Å². The molecule has 0 saturated carbocycles. The van der Waals surface area contributed by atoms with Crippen LogP contribution in [0.4, 0.5) is 10.5 Å². The maximum absolute atomic E-state index is 13.5. The summed E-state index contributed by atoms with van der Waals surface area (Å²) in [5, 5.41) is 3.22. The Balaban J connectivity index is 0.00000120. The molecule has 1 fully saturated rings. The number of hydrogen-bond donors (Lipinski definition) is 1. The second kappa shape index (κ2) is 17.4. The van der Waals surface area contributed by atoms with Gasteiger partial charge < -0.3 is 24.0 Å². The van der Waals surface area contributed by atoms with E-state index in [-0.39, 0.29) is 24.0 Å². The van der Waals surface area contributed by atoms with Crippen LogP contribution in [0.5, 0.6) is 5.75 Å². The van der Waals surface area contributed by atoms with E-state index in [2.05, 4.69) is 33.9 Å². The van der Waals surface area contributed by atoms with Crippen molar-refractivity contribution in [3.8, 4) is 5.75 Å². The van der Waals surface area contributed by atoms with Crippen LogP contribution in [0.15, 0.2) is 58.6 Å². The third-order valence-corrected chi connectivity index (χ3v) is 11.6. The monoisotopic (exact) mass is 742 g/mol. The number of benzene rings is 2. The van der Waals surface area contributed by atoms with Crippen LogP contribution < -0.4 is 14.4 Å². The van der Waals surface area contributed by atoms with E-state index in [0.717, 1.165) is 55.7 Å². The van der Waals surface area contributed by atoms with Crippen molar-refractivity contribution in [2.24, 2.45) is 11.1 Å². The highest BCUT2D eigenvalue weighted by Crippen LogP contribution is 2.45. The summed E-state index contributed by atoms with van der Waals surface area (Å²) in [6.07, 6.45) is 9.45. The van der Waals surface area contributed by atoms with Crippen LogP contribution in [0.1, 0.15) is 77.3 Å². The zero-order chi connectivity index (χ0) is 36.6. The molecule has 1 saturated heterocycles. The Kier molecular flexibility index (Phi) is 13.2. The molecule has 3 unspecified atom stereocenters. The number of hydrogen-bond acceptors (Lipinski definition) is 9. The molecule has 2 aromatic rings. The molecule has 1 aliphatic carbocycles. The van der Waals surface area contributed by atoms with E-state index in [1.165, 1.54) is 11.1 Å². The molecule has 2 amide bonds. The van der Waals surface area contributed by atoms with E-state index in [0.29, 0.717) is 50.0 Å². The lowest BCUT2D eigenvalue weighted by Crippen LogP contribution is -2.46. The lowest BCUT2D eigenvalue weighted by atomic mass is 9.70. The standard InChI is InChI=1S/C36H46ClN3O6S.C2H5NO/c1-4-25-15-19-40-23-36(16-7-9-26-21-27(37)11-13-29(26)36)24-44-32-14-12-28(22-30(32)40)47(43)38-33(41)35(2,3)45-20-8-10-31(25)46-34(42)39-17-5-6-18-39;1-2-3-4/h8,10-14,21-22,25,31H,4-7,9,15-20,23-24H2,1-3H3,(H,38,41);2H2,1H3/b10-8+;/t25?,31?,36-,47?;/m0./s1. The maximum atomic E-state index is 13.5. The van der Waals surface area contributed by atoms with E-state index < -0.39 is 28.6 Å². The fourth-order valence-corrected chi connectivity index (χ4v) is 8.47. The SMILES string of the molecule is CCC1CCN2C[C@@]3(CCCc4cc(Cl)ccc43)COc3ccc(cc32)S(=O)NC(=O)C(C)(C)OC/C=C/C1OC(=O)N1CCCC1.CCN=O. The number of amides is 2. The number of nitrogens with one attached hydrogen (secondary N) is 1. The van der Waals surface area contributed by atoms with Crippen LogP contribution in [0, 0.1) is 10.8 Å². The molecule has 13 heteroatoms. The minimum Gasteiger partial charge on any atom is -0.490 e. The summed E-state index contributed by atoms with van der Waals surface area (Å²) in [7, 11) is -1.81. The molecular formula is C38H51ClN4O7S. The highest BCUT2D eigenvalue weighted by atomic mass is 35.5. The number of rotatable bonds is 3. The molecule has 0 radical (unpaired) electrons. The van der Waals surface area contributed by atoms with E-state index >= 15 is 0 Å². The highest BCUT2D eigenvalue weighted by molar-refractivity contribution is 7.83. The van der Waals surface area contributed by atoms with Crippen LogP contribution in [0.3, 0.4) is 0 Å². The Morgan fingerprint density at radius 1 is 1.12 bits per heavy atom. The molecule has 1 N–H and O–H groups in total. The van der Waals surface area contributed by atoms with Gasteiger partial charge in [-0.2, -0.15) is 4.91 Å². The Labute approximate surface area is 309 Å². The average Bonchev–Trinajstić information content (AvgIpc) is 3.62. The number of carbonyl (C=O) groups excluding carboxylic acids is 2. The van der Waals surface area contributed by atoms with Gasteiger partial charge in [-0.25, -0.2) is 9.00 Å². The molecule has 4 atom stereocenters. The first-order valence-corrected chi connectivity index (χ1v) is 19.6. The van der Waals surface area contributed by atoms with Gasteiger partial charge in [-0.3, -0.25) is 9.52 Å². The van der Waals surface area contributed by atoms with Gasteiger partial charge in [-0.1, -0.05) is 35.8 Å². The summed E-state index contributed by atoms with van der Waals surface area (Å²) in [6.45, 7) is 10.9. The van der Waals surface area contributed by atoms with Gasteiger partial charge in [-0.15, -0.1) is 0 Å². The number of anilines is 1. The Hall–Kier alpha value is -3.48. The van der Waals surface area contributed by atoms with Crippen molar-refractivity contribution < 1.29 is 28.0 Å². The molecule has 2 bridgehead atoms. The third kappa shape index (κ3) is 9.31. The molecule has 1 spiro atoms. The smallest absolute Gasteiger partial charge is 0.410 e. The summed E-state index contributed by atoms with van der Waals surface area (Å²) in [6, 6.07) is 11.7. The van der Waals surface area contributed by atoms with Crippen molar-refractivity contribution >= 4 is 40.3 Å². The number of aryl methyl sites for hydroxylation is 1. The van der Waals surface area contributed by atoms with Crippen molar-refractivity contribution in [1.82, 2.24) is 9.62 Å². The predicted molar refractivity (Wildman–Crippen MR) is 200 cm³/mol. The fraction of sp³-hybridized carbons (Fsp3) is 0.579. The minimum atomic E-state index is -1.81. The molecule has 4 aliphatic rings. The molecule has 3 aliphatic heterocycles. The number of halogens is 1. The van der Waals surface area contributed by atoms with Gasteiger partial charge in [0.1, 0.15) is 17.5 Å². The van der Waals surface area contributed by atoms with Gasteiger partial charge >= 0.3 is 6.09 Å². The Morgan fingerprint density at radius 2 is 1.88 bits per heavy atom. The average molecular weight is 743 g/mol. The summed E-state index contributed by atoms with van der Waals surface area (Å²) in [5.74, 6) is 0.254. The van der Waals surface area contributed by atoms with Crippen molar-refractivity contribution in [1.29, 1.82) is 0 Å². The molecule has 11 nitrogen and oxygen atoms in total. The van der Waals surface area contributed by atoms with Crippen molar-refractivity contribution in [3.63, 3.8) is 0 Å². The summed E-state index contributed by atoms with van der Waals surface area (Å²) >= 11 is 6.43. The number of nitroso groups, excluding NO2 is 1. The largest absolute Gasteiger partial charge is 0.490 e. The molecule has 51 heavy (non-hydrogen) atoms. The number of ether oxygens (including phenoxy) is 3. The number of nitrogens with zero attached hydrogens (tertiary/aromatic N) is 3. The summed E-state index contributed by atoms with van der Waals surface area (Å²) in [5.41, 5.74) is 1.84. The first-order chi connectivity index (χ1) is 24.5. The highest BCUT2D eigenvalue weighted by Gasteiger charge is 2.42. The molecule has 6 rings (SSSR count). The summed E-state index contributed by atoms with van der Waals surface area (Å²) in [4.78, 5) is 40.0. The lowest BCUT2D eigenvalue weighted by molar-refractivity contribution is -0.139. The van der Waals surface area contributed by atoms with Gasteiger partial charge in [0.2, 0.25) is 0 Å². The topological polar surface area (TPSA) is 127 Å². The molecule has 3 heterocycles.